The minimum atomic E-state index is -2.76. The van der Waals surface area contributed by atoms with E-state index in [0.29, 0.717) is 11.4 Å². The third kappa shape index (κ3) is 3.45. The van der Waals surface area contributed by atoms with E-state index in [0.717, 1.165) is 0 Å². The molecule has 0 amide bonds. The van der Waals surface area contributed by atoms with Gasteiger partial charge in [-0.2, -0.15) is 0 Å². The normalized spacial score (nSPS) is 15.0. The molecule has 0 fully saturated rings. The highest BCUT2D eigenvalue weighted by molar-refractivity contribution is 5.89. The average molecular weight is 617 g/mol. The van der Waals surface area contributed by atoms with E-state index in [1.165, 1.54) is 48.5 Å². The largest absolute Gasteiger partial charge is 0.514 e. The molecule has 0 aliphatic carbocycles. The molecule has 0 spiro atoms. The van der Waals surface area contributed by atoms with Crippen molar-refractivity contribution in [1.82, 2.24) is 0 Å². The van der Waals surface area contributed by atoms with Gasteiger partial charge in [-0.15, -0.1) is 0 Å². The summed E-state index contributed by atoms with van der Waals surface area (Å²) >= 11 is 0. The van der Waals surface area contributed by atoms with Crippen molar-refractivity contribution < 1.29 is 19.7 Å². The molecular weight excluding hydrogens is 596 g/mol. The number of anilines is 6. The van der Waals surface area contributed by atoms with Crippen molar-refractivity contribution in [2.24, 2.45) is 0 Å². The zero-order chi connectivity index (χ0) is 32.4. The number of para-hydroxylation sites is 4. The number of rotatable bonds is 6. The molecule has 5 aromatic carbocycles. The zero-order valence-electron chi connectivity index (χ0n) is 23.5. The number of benzene rings is 5. The van der Waals surface area contributed by atoms with Gasteiger partial charge < -0.3 is 9.80 Å². The number of nitro groups is 4. The summed E-state index contributed by atoms with van der Waals surface area (Å²) in [4.78, 5) is 50.1. The first kappa shape index (κ1) is 28.1. The lowest BCUT2D eigenvalue weighted by Gasteiger charge is -2.37. The Kier molecular flexibility index (Phi) is 6.06. The molecule has 14 nitrogen and oxygen atoms in total. The predicted octanol–water partition coefficient (Wildman–Crippen LogP) is 6.76. The van der Waals surface area contributed by atoms with Crippen molar-refractivity contribution >= 4 is 34.1 Å². The first-order valence-electron chi connectivity index (χ1n) is 13.8. The topological polar surface area (TPSA) is 179 Å². The Hall–Kier alpha value is -6.70. The van der Waals surface area contributed by atoms with Gasteiger partial charge in [-0.25, -0.2) is 0 Å². The Morgan fingerprint density at radius 1 is 0.391 bits per heavy atom. The van der Waals surface area contributed by atoms with Crippen LogP contribution in [0.5, 0.6) is 0 Å². The number of hydrogen-bond donors (Lipinski definition) is 0. The van der Waals surface area contributed by atoms with Crippen LogP contribution in [-0.2, 0) is 11.3 Å². The van der Waals surface area contributed by atoms with Gasteiger partial charge in [0.2, 0.25) is 0 Å². The van der Waals surface area contributed by atoms with E-state index in [2.05, 4.69) is 0 Å². The lowest BCUT2D eigenvalue weighted by Crippen LogP contribution is -2.48. The molecule has 2 aliphatic rings. The fourth-order valence-electron chi connectivity index (χ4n) is 6.65. The van der Waals surface area contributed by atoms with Gasteiger partial charge in [0, 0.05) is 11.4 Å². The maximum absolute atomic E-state index is 12.6. The molecule has 5 aromatic rings. The Labute approximate surface area is 259 Å². The Balaban J connectivity index is 1.48. The molecule has 0 bridgehead atoms. The van der Waals surface area contributed by atoms with E-state index >= 15 is 0 Å². The van der Waals surface area contributed by atoms with Gasteiger partial charge in [-0.1, -0.05) is 54.6 Å². The quantitative estimate of drug-likeness (QED) is 0.112. The van der Waals surface area contributed by atoms with Crippen molar-refractivity contribution in [3.05, 3.63) is 184 Å². The van der Waals surface area contributed by atoms with Crippen molar-refractivity contribution in [1.29, 1.82) is 0 Å². The molecular formula is C32H20N6O8. The maximum atomic E-state index is 12.6. The molecule has 2 aliphatic heterocycles. The maximum Gasteiger partial charge on any atom is 0.514 e. The lowest BCUT2D eigenvalue weighted by atomic mass is 9.84. The number of fused-ring (bicyclic) bond motifs is 4. The average Bonchev–Trinajstić information content (AvgIpc) is 3.05. The summed E-state index contributed by atoms with van der Waals surface area (Å²) in [5.74, 6) is 0. The zero-order valence-corrected chi connectivity index (χ0v) is 23.5. The predicted molar refractivity (Wildman–Crippen MR) is 165 cm³/mol. The summed E-state index contributed by atoms with van der Waals surface area (Å²) in [6.07, 6.45) is 0. The fraction of sp³-hybridized carbons (Fsp3) is 0.0625. The third-order valence-electron chi connectivity index (χ3n) is 8.49. The summed E-state index contributed by atoms with van der Waals surface area (Å²) in [7, 11) is 0. The molecule has 0 aromatic heterocycles. The standard InChI is InChI=1S/C32H20N6O8/c39-35(40)31(36(41)42)23-12-1-5-16-27(23)33(28-17-6-2-13-24(28)31)21-10-9-11-22(20-21)34-29-18-7-3-14-25(29)32(37(43)44,38(45)46)26-15-4-8-19-30(26)34/h1-20H. The van der Waals surface area contributed by atoms with Crippen LogP contribution in [0, 0.1) is 40.5 Å². The highest BCUT2D eigenvalue weighted by atomic mass is 16.7. The second kappa shape index (κ2) is 9.92. The number of hydrogen-bond acceptors (Lipinski definition) is 10. The van der Waals surface area contributed by atoms with Gasteiger partial charge in [-0.05, 0) is 66.7 Å². The van der Waals surface area contributed by atoms with Crippen molar-refractivity contribution in [2.45, 2.75) is 11.3 Å². The number of nitrogens with zero attached hydrogens (tertiary/aromatic N) is 6. The van der Waals surface area contributed by atoms with Crippen molar-refractivity contribution in [2.75, 3.05) is 9.80 Å². The van der Waals surface area contributed by atoms with Crippen LogP contribution < -0.4 is 9.80 Å². The Morgan fingerprint density at radius 2 is 0.652 bits per heavy atom. The summed E-state index contributed by atoms with van der Waals surface area (Å²) in [6, 6.07) is 31.1. The van der Waals surface area contributed by atoms with Gasteiger partial charge in [-0.3, -0.25) is 40.5 Å². The molecule has 0 N–H and O–H groups in total. The second-order valence-corrected chi connectivity index (χ2v) is 10.6. The molecule has 14 heteroatoms. The third-order valence-corrected chi connectivity index (χ3v) is 8.49. The van der Waals surface area contributed by atoms with Crippen LogP contribution in [-0.4, -0.2) is 19.7 Å². The van der Waals surface area contributed by atoms with E-state index in [1.54, 1.807) is 82.6 Å². The second-order valence-electron chi connectivity index (χ2n) is 10.6. The van der Waals surface area contributed by atoms with E-state index < -0.39 is 31.0 Å². The minimum absolute atomic E-state index is 0.135. The summed E-state index contributed by atoms with van der Waals surface area (Å²) < 4.78 is 0. The monoisotopic (exact) mass is 616 g/mol. The Morgan fingerprint density at radius 3 is 0.913 bits per heavy atom. The van der Waals surface area contributed by atoms with Crippen LogP contribution in [0.2, 0.25) is 0 Å². The smallest absolute Gasteiger partial charge is 0.309 e. The van der Waals surface area contributed by atoms with E-state index in [1.807, 2.05) is 0 Å². The first-order valence-corrected chi connectivity index (χ1v) is 13.8. The lowest BCUT2D eigenvalue weighted by molar-refractivity contribution is -0.796. The molecule has 7 rings (SSSR count). The summed E-state index contributed by atoms with van der Waals surface area (Å²) in [5.41, 5.74) is -4.28. The first-order chi connectivity index (χ1) is 22.2. The van der Waals surface area contributed by atoms with Crippen molar-refractivity contribution in [3.8, 4) is 0 Å². The van der Waals surface area contributed by atoms with E-state index in [9.17, 15) is 40.5 Å². The van der Waals surface area contributed by atoms with Gasteiger partial charge in [0.05, 0.1) is 22.7 Å². The van der Waals surface area contributed by atoms with Crippen LogP contribution in [0.3, 0.4) is 0 Å². The summed E-state index contributed by atoms with van der Waals surface area (Å²) in [6.45, 7) is 0. The fourth-order valence-corrected chi connectivity index (χ4v) is 6.65. The van der Waals surface area contributed by atoms with Crippen LogP contribution in [0.25, 0.3) is 0 Å². The van der Waals surface area contributed by atoms with E-state index in [-0.39, 0.29) is 45.0 Å². The molecule has 0 saturated carbocycles. The van der Waals surface area contributed by atoms with Gasteiger partial charge in [0.1, 0.15) is 41.9 Å². The van der Waals surface area contributed by atoms with E-state index in [4.69, 9.17) is 0 Å². The molecule has 0 radical (unpaired) electrons. The minimum Gasteiger partial charge on any atom is -0.309 e. The molecule has 226 valence electrons. The molecule has 0 saturated heterocycles. The highest BCUT2D eigenvalue weighted by Crippen LogP contribution is 2.55. The molecule has 0 atom stereocenters. The van der Waals surface area contributed by atoms with Gasteiger partial charge in [0.25, 0.3) is 0 Å². The van der Waals surface area contributed by atoms with Crippen LogP contribution >= 0.6 is 0 Å². The Bertz CT molecular complexity index is 1860. The molecule has 0 unspecified atom stereocenters. The van der Waals surface area contributed by atoms with Crippen LogP contribution in [0.1, 0.15) is 22.3 Å². The highest BCUT2D eigenvalue weighted by Gasteiger charge is 2.66. The van der Waals surface area contributed by atoms with Crippen molar-refractivity contribution in [3.63, 3.8) is 0 Å². The van der Waals surface area contributed by atoms with Gasteiger partial charge in [0.15, 0.2) is 0 Å². The SMILES string of the molecule is O=[N+]([O-])C1([N+](=O)[O-])c2ccccc2N(c2cccc(N3c4ccccc4C([N+](=O)[O-])([N+](=O)[O-])c4ccccc43)c2)c2ccccc21. The summed E-state index contributed by atoms with van der Waals surface area (Å²) in [5, 5.41) is 50.3. The van der Waals surface area contributed by atoms with Crippen LogP contribution in [0.4, 0.5) is 34.1 Å². The van der Waals surface area contributed by atoms with Crippen LogP contribution in [0.15, 0.2) is 121 Å². The molecule has 46 heavy (non-hydrogen) atoms. The molecule has 2 heterocycles. The van der Waals surface area contributed by atoms with Gasteiger partial charge >= 0.3 is 11.3 Å².